The van der Waals surface area contributed by atoms with Crippen LogP contribution < -0.4 is 0 Å². The van der Waals surface area contributed by atoms with Gasteiger partial charge >= 0.3 is 0 Å². The van der Waals surface area contributed by atoms with E-state index in [-0.39, 0.29) is 6.29 Å². The molecule has 0 saturated carbocycles. The average molecular weight is 311 g/mol. The van der Waals surface area contributed by atoms with Crippen LogP contribution in [0.25, 0.3) is 0 Å². The zero-order valence-corrected chi connectivity index (χ0v) is 12.6. The summed E-state index contributed by atoms with van der Waals surface area (Å²) >= 11 is 7.58. The molecule has 106 valence electrons. The van der Waals surface area contributed by atoms with Crippen molar-refractivity contribution < 1.29 is 14.6 Å². The normalized spacial score (nSPS) is 17.6. The van der Waals surface area contributed by atoms with Crippen molar-refractivity contribution in [2.24, 2.45) is 0 Å². The predicted molar refractivity (Wildman–Crippen MR) is 79.2 cm³/mol. The summed E-state index contributed by atoms with van der Waals surface area (Å²) in [5.41, 5.74) is 2.67. The van der Waals surface area contributed by atoms with Crippen molar-refractivity contribution >= 4 is 22.9 Å². The Morgan fingerprint density at radius 2 is 1.95 bits per heavy atom. The van der Waals surface area contributed by atoms with E-state index < -0.39 is 6.10 Å². The van der Waals surface area contributed by atoms with Crippen molar-refractivity contribution in [3.8, 4) is 0 Å². The Morgan fingerprint density at radius 3 is 2.65 bits per heavy atom. The molecule has 1 aromatic heterocycles. The summed E-state index contributed by atoms with van der Waals surface area (Å²) in [7, 11) is 0. The molecule has 1 N–H and O–H groups in total. The number of hydrogen-bond acceptors (Lipinski definition) is 4. The molecule has 1 saturated heterocycles. The van der Waals surface area contributed by atoms with Crippen LogP contribution >= 0.6 is 22.9 Å². The number of ether oxygens (including phenoxy) is 2. The van der Waals surface area contributed by atoms with Crippen LogP contribution in [0, 0.1) is 6.92 Å². The number of thiophene rings is 1. The molecule has 0 spiro atoms. The highest BCUT2D eigenvalue weighted by molar-refractivity contribution is 7.10. The van der Waals surface area contributed by atoms with Gasteiger partial charge in [-0.15, -0.1) is 11.3 Å². The lowest BCUT2D eigenvalue weighted by Gasteiger charge is -2.11. The van der Waals surface area contributed by atoms with Crippen LogP contribution in [0.15, 0.2) is 29.6 Å². The Labute approximate surface area is 126 Å². The second kappa shape index (κ2) is 5.84. The molecule has 1 aromatic carbocycles. The van der Waals surface area contributed by atoms with Gasteiger partial charge in [-0.25, -0.2) is 0 Å². The molecular formula is C15H15ClO3S. The molecule has 3 nitrogen and oxygen atoms in total. The van der Waals surface area contributed by atoms with Crippen LogP contribution in [0.1, 0.15) is 34.0 Å². The molecule has 3 rings (SSSR count). The number of aliphatic hydroxyl groups is 1. The number of benzene rings is 1. The quantitative estimate of drug-likeness (QED) is 0.936. The lowest BCUT2D eigenvalue weighted by molar-refractivity contribution is -0.0413. The molecule has 1 aliphatic rings. The van der Waals surface area contributed by atoms with Crippen molar-refractivity contribution in [3.63, 3.8) is 0 Å². The van der Waals surface area contributed by atoms with E-state index in [1.54, 1.807) is 6.07 Å². The fourth-order valence-corrected chi connectivity index (χ4v) is 3.49. The van der Waals surface area contributed by atoms with Crippen molar-refractivity contribution in [1.82, 2.24) is 0 Å². The van der Waals surface area contributed by atoms with Crippen molar-refractivity contribution in [3.05, 3.63) is 56.2 Å². The van der Waals surface area contributed by atoms with Gasteiger partial charge in [0.05, 0.1) is 18.1 Å². The largest absolute Gasteiger partial charge is 0.384 e. The molecular weight excluding hydrogens is 296 g/mol. The molecule has 0 radical (unpaired) electrons. The Kier molecular flexibility index (Phi) is 4.10. The Balaban J connectivity index is 1.84. The molecule has 1 fully saturated rings. The van der Waals surface area contributed by atoms with Gasteiger partial charge in [0.1, 0.15) is 6.10 Å². The van der Waals surface area contributed by atoms with E-state index in [1.165, 1.54) is 11.3 Å². The van der Waals surface area contributed by atoms with E-state index in [0.29, 0.717) is 18.2 Å². The summed E-state index contributed by atoms with van der Waals surface area (Å²) in [5, 5.41) is 13.0. The zero-order chi connectivity index (χ0) is 14.1. The van der Waals surface area contributed by atoms with Crippen LogP contribution in [-0.4, -0.2) is 18.3 Å². The predicted octanol–water partition coefficient (Wildman–Crippen LogP) is 3.84. The van der Waals surface area contributed by atoms with Gasteiger partial charge in [-0.2, -0.15) is 0 Å². The molecule has 5 heteroatoms. The highest BCUT2D eigenvalue weighted by Gasteiger charge is 2.22. The highest BCUT2D eigenvalue weighted by Crippen LogP contribution is 2.33. The van der Waals surface area contributed by atoms with Crippen molar-refractivity contribution in [2.75, 3.05) is 13.2 Å². The van der Waals surface area contributed by atoms with E-state index in [0.717, 1.165) is 21.6 Å². The zero-order valence-electron chi connectivity index (χ0n) is 11.0. The summed E-state index contributed by atoms with van der Waals surface area (Å²) < 4.78 is 10.9. The van der Waals surface area contributed by atoms with Crippen LogP contribution in [0.4, 0.5) is 0 Å². The van der Waals surface area contributed by atoms with Crippen LogP contribution in [0.5, 0.6) is 0 Å². The third kappa shape index (κ3) is 2.90. The van der Waals surface area contributed by atoms with E-state index in [9.17, 15) is 5.11 Å². The fourth-order valence-electron chi connectivity index (χ4n) is 2.27. The third-order valence-corrected chi connectivity index (χ3v) is 4.38. The van der Waals surface area contributed by atoms with Crippen molar-refractivity contribution in [1.29, 1.82) is 0 Å². The molecule has 1 atom stereocenters. The van der Waals surface area contributed by atoms with Gasteiger partial charge in [-0.3, -0.25) is 0 Å². The first-order valence-corrected chi connectivity index (χ1v) is 7.66. The van der Waals surface area contributed by atoms with Gasteiger partial charge in [-0.05, 0) is 47.2 Å². The van der Waals surface area contributed by atoms with E-state index in [1.807, 2.05) is 30.5 Å². The minimum Gasteiger partial charge on any atom is -0.384 e. The standard InChI is InChI=1S/C15H15ClO3S/c1-9-4-10(6-12(16)5-9)14(17)11-7-13(20-8-11)15-18-2-3-19-15/h4-8,14-15,17H,2-3H2,1H3. The average Bonchev–Trinajstić information content (AvgIpc) is 3.07. The summed E-state index contributed by atoms with van der Waals surface area (Å²) in [4.78, 5) is 0.982. The first-order valence-electron chi connectivity index (χ1n) is 6.40. The minimum atomic E-state index is -0.682. The first-order chi connectivity index (χ1) is 9.63. The van der Waals surface area contributed by atoms with E-state index >= 15 is 0 Å². The summed E-state index contributed by atoms with van der Waals surface area (Å²) in [6, 6.07) is 7.54. The molecule has 0 bridgehead atoms. The Hall–Kier alpha value is -0.910. The monoisotopic (exact) mass is 310 g/mol. The number of aliphatic hydroxyl groups excluding tert-OH is 1. The molecule has 1 aliphatic heterocycles. The first kappa shape index (κ1) is 14.0. The number of rotatable bonds is 3. The second-order valence-electron chi connectivity index (χ2n) is 4.82. The summed E-state index contributed by atoms with van der Waals surface area (Å²) in [5.74, 6) is 0. The van der Waals surface area contributed by atoms with Crippen LogP contribution in [-0.2, 0) is 9.47 Å². The number of aryl methyl sites for hydroxylation is 1. The van der Waals surface area contributed by atoms with Gasteiger partial charge < -0.3 is 14.6 Å². The van der Waals surface area contributed by atoms with Gasteiger partial charge in [0, 0.05) is 5.02 Å². The van der Waals surface area contributed by atoms with Gasteiger partial charge in [0.2, 0.25) is 0 Å². The summed E-state index contributed by atoms with van der Waals surface area (Å²) in [6.45, 7) is 3.20. The lowest BCUT2D eigenvalue weighted by atomic mass is 10.0. The topological polar surface area (TPSA) is 38.7 Å². The molecule has 0 aliphatic carbocycles. The van der Waals surface area contributed by atoms with Gasteiger partial charge in [0.25, 0.3) is 0 Å². The van der Waals surface area contributed by atoms with E-state index in [2.05, 4.69) is 0 Å². The van der Waals surface area contributed by atoms with Crippen LogP contribution in [0.3, 0.4) is 0 Å². The molecule has 0 amide bonds. The SMILES string of the molecule is Cc1cc(Cl)cc(C(O)c2csc(C3OCCO3)c2)c1. The number of halogens is 1. The van der Waals surface area contributed by atoms with Gasteiger partial charge in [0.15, 0.2) is 6.29 Å². The number of hydrogen-bond donors (Lipinski definition) is 1. The summed E-state index contributed by atoms with van der Waals surface area (Å²) in [6.07, 6.45) is -0.971. The maximum absolute atomic E-state index is 10.5. The van der Waals surface area contributed by atoms with Gasteiger partial charge in [-0.1, -0.05) is 17.7 Å². The maximum atomic E-state index is 10.5. The maximum Gasteiger partial charge on any atom is 0.193 e. The van der Waals surface area contributed by atoms with Crippen LogP contribution in [0.2, 0.25) is 5.02 Å². The smallest absolute Gasteiger partial charge is 0.193 e. The second-order valence-corrected chi connectivity index (χ2v) is 6.20. The third-order valence-electron chi connectivity index (χ3n) is 3.19. The Morgan fingerprint density at radius 1 is 1.20 bits per heavy atom. The minimum absolute atomic E-state index is 0.290. The highest BCUT2D eigenvalue weighted by atomic mass is 35.5. The molecule has 2 aromatic rings. The fraction of sp³-hybridized carbons (Fsp3) is 0.333. The van der Waals surface area contributed by atoms with Crippen molar-refractivity contribution in [2.45, 2.75) is 19.3 Å². The Bertz CT molecular complexity index is 585. The molecule has 1 unspecified atom stereocenters. The molecule has 2 heterocycles. The lowest BCUT2D eigenvalue weighted by Crippen LogP contribution is -1.99. The molecule has 20 heavy (non-hydrogen) atoms. The van der Waals surface area contributed by atoms with E-state index in [4.69, 9.17) is 21.1 Å².